The van der Waals surface area contributed by atoms with Crippen LogP contribution in [0.2, 0.25) is 0 Å². The third kappa shape index (κ3) is 3.26. The van der Waals surface area contributed by atoms with Crippen molar-refractivity contribution in [2.24, 2.45) is 5.73 Å². The highest BCUT2D eigenvalue weighted by atomic mass is 16.2. The summed E-state index contributed by atoms with van der Waals surface area (Å²) >= 11 is 0. The van der Waals surface area contributed by atoms with E-state index in [-0.39, 0.29) is 0 Å². The lowest BCUT2D eigenvalue weighted by Gasteiger charge is -2.38. The highest BCUT2D eigenvalue weighted by Crippen LogP contribution is 2.39. The van der Waals surface area contributed by atoms with Crippen LogP contribution >= 0.6 is 0 Å². The number of likely N-dealkylation sites (N-methyl/N-ethyl adjacent to an activating group) is 1. The number of carbonyl (C=O) groups excluding carboxylic acids is 1. The quantitative estimate of drug-likeness (QED) is 0.705. The van der Waals surface area contributed by atoms with Gasteiger partial charge in [0.1, 0.15) is 0 Å². The van der Waals surface area contributed by atoms with E-state index in [9.17, 15) is 4.79 Å². The van der Waals surface area contributed by atoms with Gasteiger partial charge in [0, 0.05) is 13.6 Å². The summed E-state index contributed by atoms with van der Waals surface area (Å²) in [5.74, 6) is 0. The number of urea groups is 1. The molecular formula is C22H22N2O. The van der Waals surface area contributed by atoms with E-state index in [1.165, 1.54) is 0 Å². The van der Waals surface area contributed by atoms with Crippen LogP contribution in [0.3, 0.4) is 0 Å². The Bertz CT molecular complexity index is 720. The van der Waals surface area contributed by atoms with Gasteiger partial charge in [0.15, 0.2) is 0 Å². The van der Waals surface area contributed by atoms with Crippen molar-refractivity contribution in [3.05, 3.63) is 108 Å². The van der Waals surface area contributed by atoms with E-state index in [1.807, 2.05) is 54.6 Å². The second-order valence-corrected chi connectivity index (χ2v) is 6.20. The Balaban J connectivity index is 2.29. The highest BCUT2D eigenvalue weighted by Gasteiger charge is 2.38. The maximum absolute atomic E-state index is 11.8. The van der Waals surface area contributed by atoms with E-state index in [0.717, 1.165) is 16.7 Å². The molecule has 0 aliphatic rings. The Morgan fingerprint density at radius 2 is 1.08 bits per heavy atom. The molecule has 0 saturated carbocycles. The minimum atomic E-state index is -0.493. The van der Waals surface area contributed by atoms with Crippen LogP contribution in [-0.4, -0.2) is 24.5 Å². The second-order valence-electron chi connectivity index (χ2n) is 6.20. The molecule has 3 aromatic rings. The van der Waals surface area contributed by atoms with Gasteiger partial charge in [-0.05, 0) is 16.7 Å². The fourth-order valence-electron chi connectivity index (χ4n) is 3.38. The molecule has 0 saturated heterocycles. The molecule has 0 heterocycles. The van der Waals surface area contributed by atoms with Crippen molar-refractivity contribution in [1.29, 1.82) is 0 Å². The van der Waals surface area contributed by atoms with Crippen LogP contribution in [0.25, 0.3) is 0 Å². The van der Waals surface area contributed by atoms with Gasteiger partial charge in [0.25, 0.3) is 0 Å². The molecule has 0 aliphatic carbocycles. The van der Waals surface area contributed by atoms with Gasteiger partial charge in [-0.2, -0.15) is 0 Å². The molecule has 0 fully saturated rings. The number of carbonyl (C=O) groups is 1. The summed E-state index contributed by atoms with van der Waals surface area (Å²) in [5, 5.41) is 0. The molecule has 0 radical (unpaired) electrons. The molecular weight excluding hydrogens is 308 g/mol. The zero-order valence-corrected chi connectivity index (χ0v) is 14.3. The first-order valence-corrected chi connectivity index (χ1v) is 8.32. The molecule has 0 aromatic heterocycles. The van der Waals surface area contributed by atoms with Crippen LogP contribution < -0.4 is 5.73 Å². The first-order chi connectivity index (χ1) is 12.1. The van der Waals surface area contributed by atoms with Gasteiger partial charge in [-0.1, -0.05) is 91.0 Å². The molecule has 3 aromatic carbocycles. The predicted octanol–water partition coefficient (Wildman–Crippen LogP) is 4.03. The lowest BCUT2D eigenvalue weighted by molar-refractivity contribution is 0.212. The van der Waals surface area contributed by atoms with Gasteiger partial charge in [-0.15, -0.1) is 0 Å². The van der Waals surface area contributed by atoms with E-state index < -0.39 is 11.4 Å². The molecule has 25 heavy (non-hydrogen) atoms. The standard InChI is InChI=1S/C22H22N2O/c1-24(21(23)25)17-22(18-11-5-2-6-12-18,19-13-7-3-8-14-19)20-15-9-4-10-16-20/h2-16H,17H2,1H3,(H2,23,25). The molecule has 0 atom stereocenters. The molecule has 0 spiro atoms. The normalized spacial score (nSPS) is 11.1. The maximum atomic E-state index is 11.8. The molecule has 126 valence electrons. The summed E-state index contributed by atoms with van der Waals surface area (Å²) in [7, 11) is 1.74. The smallest absolute Gasteiger partial charge is 0.314 e. The van der Waals surface area contributed by atoms with E-state index >= 15 is 0 Å². The van der Waals surface area contributed by atoms with E-state index in [1.54, 1.807) is 11.9 Å². The number of nitrogens with zero attached hydrogens (tertiary/aromatic N) is 1. The van der Waals surface area contributed by atoms with Crippen molar-refractivity contribution in [3.63, 3.8) is 0 Å². The minimum absolute atomic E-state index is 0.438. The summed E-state index contributed by atoms with van der Waals surface area (Å²) in [4.78, 5) is 13.4. The van der Waals surface area contributed by atoms with Crippen molar-refractivity contribution < 1.29 is 4.79 Å². The fourth-order valence-corrected chi connectivity index (χ4v) is 3.38. The number of rotatable bonds is 5. The SMILES string of the molecule is CN(CC(c1ccccc1)(c1ccccc1)c1ccccc1)C(N)=O. The lowest BCUT2D eigenvalue weighted by atomic mass is 9.69. The van der Waals surface area contributed by atoms with Crippen molar-refractivity contribution in [2.75, 3.05) is 13.6 Å². The Kier molecular flexibility index (Phi) is 4.85. The average molecular weight is 330 g/mol. The summed E-state index contributed by atoms with van der Waals surface area (Å²) in [6, 6.07) is 30.4. The van der Waals surface area contributed by atoms with Crippen LogP contribution in [-0.2, 0) is 5.41 Å². The van der Waals surface area contributed by atoms with Gasteiger partial charge in [0.2, 0.25) is 0 Å². The zero-order chi connectivity index (χ0) is 17.7. The number of benzene rings is 3. The van der Waals surface area contributed by atoms with E-state index in [4.69, 9.17) is 5.73 Å². The van der Waals surface area contributed by atoms with Crippen molar-refractivity contribution >= 4 is 6.03 Å². The molecule has 2 N–H and O–H groups in total. The van der Waals surface area contributed by atoms with Gasteiger partial charge in [0.05, 0.1) is 5.41 Å². The van der Waals surface area contributed by atoms with Gasteiger partial charge >= 0.3 is 6.03 Å². The first kappa shape index (κ1) is 16.8. The van der Waals surface area contributed by atoms with Crippen LogP contribution in [0.4, 0.5) is 4.79 Å². The summed E-state index contributed by atoms with van der Waals surface area (Å²) in [5.41, 5.74) is 8.45. The van der Waals surface area contributed by atoms with Crippen molar-refractivity contribution in [2.45, 2.75) is 5.41 Å². The zero-order valence-electron chi connectivity index (χ0n) is 14.3. The van der Waals surface area contributed by atoms with Crippen LogP contribution in [0.1, 0.15) is 16.7 Å². The lowest BCUT2D eigenvalue weighted by Crippen LogP contribution is -2.45. The summed E-state index contributed by atoms with van der Waals surface area (Å²) in [6.07, 6.45) is 0. The van der Waals surface area contributed by atoms with Crippen LogP contribution in [0.5, 0.6) is 0 Å². The molecule has 2 amide bonds. The third-order valence-electron chi connectivity index (χ3n) is 4.65. The van der Waals surface area contributed by atoms with Crippen molar-refractivity contribution in [1.82, 2.24) is 4.90 Å². The Morgan fingerprint density at radius 1 is 0.760 bits per heavy atom. The molecule has 0 aliphatic heterocycles. The topological polar surface area (TPSA) is 46.3 Å². The highest BCUT2D eigenvalue weighted by molar-refractivity contribution is 5.72. The Labute approximate surface area is 148 Å². The molecule has 0 unspecified atom stereocenters. The minimum Gasteiger partial charge on any atom is -0.351 e. The summed E-state index contributed by atoms with van der Waals surface area (Å²) < 4.78 is 0. The predicted molar refractivity (Wildman–Crippen MR) is 101 cm³/mol. The Hall–Kier alpha value is -3.07. The number of primary amides is 1. The maximum Gasteiger partial charge on any atom is 0.314 e. The number of nitrogens with two attached hydrogens (primary N) is 1. The van der Waals surface area contributed by atoms with Crippen LogP contribution in [0, 0.1) is 0 Å². The second kappa shape index (κ2) is 7.22. The third-order valence-corrected chi connectivity index (χ3v) is 4.65. The van der Waals surface area contributed by atoms with Crippen LogP contribution in [0.15, 0.2) is 91.0 Å². The van der Waals surface area contributed by atoms with Gasteiger partial charge in [-0.3, -0.25) is 0 Å². The summed E-state index contributed by atoms with van der Waals surface area (Å²) in [6.45, 7) is 0.459. The number of hydrogen-bond donors (Lipinski definition) is 1. The fraction of sp³-hybridized carbons (Fsp3) is 0.136. The monoisotopic (exact) mass is 330 g/mol. The average Bonchev–Trinajstić information content (AvgIpc) is 2.68. The molecule has 3 rings (SSSR count). The molecule has 3 heteroatoms. The van der Waals surface area contributed by atoms with E-state index in [2.05, 4.69) is 36.4 Å². The number of hydrogen-bond acceptors (Lipinski definition) is 1. The van der Waals surface area contributed by atoms with Gasteiger partial charge < -0.3 is 10.6 Å². The van der Waals surface area contributed by atoms with Gasteiger partial charge in [-0.25, -0.2) is 4.79 Å². The molecule has 0 bridgehead atoms. The van der Waals surface area contributed by atoms with Crippen molar-refractivity contribution in [3.8, 4) is 0 Å². The number of amides is 2. The largest absolute Gasteiger partial charge is 0.351 e. The molecule has 3 nitrogen and oxygen atoms in total. The van der Waals surface area contributed by atoms with E-state index in [0.29, 0.717) is 6.54 Å². The first-order valence-electron chi connectivity index (χ1n) is 8.32. The Morgan fingerprint density at radius 3 is 1.36 bits per heavy atom.